The number of likely N-dealkylation sites (tertiary alicyclic amines) is 1. The summed E-state index contributed by atoms with van der Waals surface area (Å²) in [4.78, 5) is 28.0. The van der Waals surface area contributed by atoms with Gasteiger partial charge in [0.05, 0.1) is 18.4 Å². The second-order valence-corrected chi connectivity index (χ2v) is 6.31. The fourth-order valence-corrected chi connectivity index (χ4v) is 3.20. The van der Waals surface area contributed by atoms with Crippen LogP contribution in [0, 0.1) is 5.92 Å². The third kappa shape index (κ3) is 4.58. The van der Waals surface area contributed by atoms with E-state index in [1.807, 2.05) is 12.1 Å². The van der Waals surface area contributed by atoms with E-state index in [1.54, 1.807) is 12.3 Å². The van der Waals surface area contributed by atoms with E-state index in [0.717, 1.165) is 31.8 Å². The summed E-state index contributed by atoms with van der Waals surface area (Å²) < 4.78 is 5.42. The number of hydrogen-bond acceptors (Lipinski definition) is 4. The number of aromatic nitrogens is 1. The number of nitrogens with zero attached hydrogens (tertiary/aromatic N) is 1. The molecule has 0 spiro atoms. The lowest BCUT2D eigenvalue weighted by atomic mass is 9.94. The molecule has 1 aliphatic rings. The summed E-state index contributed by atoms with van der Waals surface area (Å²) in [6, 6.07) is 6.83. The largest absolute Gasteiger partial charge is 0.468 e. The topological polar surface area (TPSA) is 78.3 Å². The van der Waals surface area contributed by atoms with Crippen molar-refractivity contribution in [1.29, 1.82) is 0 Å². The Kier molecular flexibility index (Phi) is 5.48. The Morgan fingerprint density at radius 2 is 2.29 bits per heavy atom. The first-order valence-electron chi connectivity index (χ1n) is 8.42. The van der Waals surface area contributed by atoms with Crippen LogP contribution in [0.25, 0.3) is 0 Å². The third-order valence-electron chi connectivity index (χ3n) is 4.45. The number of piperidine rings is 1. The van der Waals surface area contributed by atoms with Crippen molar-refractivity contribution < 1.29 is 9.21 Å². The summed E-state index contributed by atoms with van der Waals surface area (Å²) in [5, 5.41) is 2.93. The number of rotatable bonds is 6. The van der Waals surface area contributed by atoms with E-state index in [-0.39, 0.29) is 11.5 Å². The fourth-order valence-electron chi connectivity index (χ4n) is 3.20. The maximum Gasteiger partial charge on any atom is 0.252 e. The molecule has 0 bridgehead atoms. The molecule has 128 valence electrons. The molecule has 0 unspecified atom stereocenters. The van der Waals surface area contributed by atoms with Gasteiger partial charge in [0.1, 0.15) is 5.76 Å². The summed E-state index contributed by atoms with van der Waals surface area (Å²) in [6.45, 7) is 3.64. The zero-order chi connectivity index (χ0) is 16.8. The number of amides is 1. The highest BCUT2D eigenvalue weighted by Gasteiger charge is 2.20. The first-order valence-corrected chi connectivity index (χ1v) is 8.42. The number of furan rings is 1. The molecule has 3 heterocycles. The van der Waals surface area contributed by atoms with Gasteiger partial charge in [-0.25, -0.2) is 0 Å². The van der Waals surface area contributed by atoms with Gasteiger partial charge in [0.2, 0.25) is 5.56 Å². The Hall–Kier alpha value is -2.34. The molecule has 2 N–H and O–H groups in total. The highest BCUT2D eigenvalue weighted by Crippen LogP contribution is 2.21. The van der Waals surface area contributed by atoms with E-state index in [9.17, 15) is 9.59 Å². The minimum atomic E-state index is -0.203. The van der Waals surface area contributed by atoms with Crippen LogP contribution < -0.4 is 10.9 Å². The van der Waals surface area contributed by atoms with E-state index in [4.69, 9.17) is 4.42 Å². The molecule has 0 radical (unpaired) electrons. The van der Waals surface area contributed by atoms with E-state index in [0.29, 0.717) is 18.0 Å². The van der Waals surface area contributed by atoms with Crippen LogP contribution in [0.5, 0.6) is 0 Å². The Morgan fingerprint density at radius 1 is 1.38 bits per heavy atom. The first kappa shape index (κ1) is 16.5. The Balaban J connectivity index is 1.42. The summed E-state index contributed by atoms with van der Waals surface area (Å²) >= 11 is 0. The summed E-state index contributed by atoms with van der Waals surface area (Å²) in [5.74, 6) is 1.45. The third-order valence-corrected chi connectivity index (χ3v) is 4.45. The zero-order valence-corrected chi connectivity index (χ0v) is 13.7. The molecule has 0 aromatic carbocycles. The predicted molar refractivity (Wildman–Crippen MR) is 90.7 cm³/mol. The monoisotopic (exact) mass is 329 g/mol. The van der Waals surface area contributed by atoms with Crippen molar-refractivity contribution in [2.75, 3.05) is 19.6 Å². The summed E-state index contributed by atoms with van der Waals surface area (Å²) in [5.41, 5.74) is 0.281. The van der Waals surface area contributed by atoms with E-state index in [2.05, 4.69) is 15.2 Å². The highest BCUT2D eigenvalue weighted by atomic mass is 16.3. The Labute approximate surface area is 140 Å². The van der Waals surface area contributed by atoms with Gasteiger partial charge in [-0.2, -0.15) is 0 Å². The number of H-pyrrole nitrogens is 1. The van der Waals surface area contributed by atoms with Crippen molar-refractivity contribution in [2.45, 2.75) is 25.8 Å². The lowest BCUT2D eigenvalue weighted by molar-refractivity contribution is 0.0945. The van der Waals surface area contributed by atoms with Gasteiger partial charge in [0.25, 0.3) is 5.91 Å². The number of aromatic amines is 1. The van der Waals surface area contributed by atoms with Crippen LogP contribution in [0.4, 0.5) is 0 Å². The molecule has 0 saturated carbocycles. The molecule has 2 aromatic rings. The minimum Gasteiger partial charge on any atom is -0.468 e. The lowest BCUT2D eigenvalue weighted by Gasteiger charge is -2.32. The quantitative estimate of drug-likeness (QED) is 0.850. The number of nitrogens with one attached hydrogen (secondary N) is 2. The van der Waals surface area contributed by atoms with Crippen LogP contribution in [0.1, 0.15) is 35.4 Å². The van der Waals surface area contributed by atoms with Gasteiger partial charge >= 0.3 is 0 Å². The highest BCUT2D eigenvalue weighted by molar-refractivity contribution is 5.93. The van der Waals surface area contributed by atoms with Gasteiger partial charge in [-0.3, -0.25) is 14.5 Å². The molecule has 2 aromatic heterocycles. The Bertz CT molecular complexity index is 688. The Morgan fingerprint density at radius 3 is 3.04 bits per heavy atom. The standard InChI is InChI=1S/C18H23N3O3/c22-17-6-5-15(11-20-17)18(23)19-8-7-14-3-1-9-21(12-14)13-16-4-2-10-24-16/h2,4-6,10-11,14H,1,3,7-9,12-13H2,(H,19,23)(H,20,22)/t14-/m0/s1. The van der Waals surface area contributed by atoms with Gasteiger partial charge in [0.15, 0.2) is 0 Å². The van der Waals surface area contributed by atoms with Crippen LogP contribution in [0.3, 0.4) is 0 Å². The molecule has 1 saturated heterocycles. The molecule has 1 aliphatic heterocycles. The first-order chi connectivity index (χ1) is 11.7. The van der Waals surface area contributed by atoms with E-state index < -0.39 is 0 Å². The van der Waals surface area contributed by atoms with Crippen molar-refractivity contribution in [3.05, 3.63) is 58.4 Å². The molecular formula is C18H23N3O3. The van der Waals surface area contributed by atoms with Crippen LogP contribution in [-0.2, 0) is 6.54 Å². The fraction of sp³-hybridized carbons (Fsp3) is 0.444. The van der Waals surface area contributed by atoms with Gasteiger partial charge in [-0.1, -0.05) is 0 Å². The minimum absolute atomic E-state index is 0.144. The molecule has 0 aliphatic carbocycles. The van der Waals surface area contributed by atoms with Crippen molar-refractivity contribution >= 4 is 5.91 Å². The van der Waals surface area contributed by atoms with Crippen LogP contribution in [0.2, 0.25) is 0 Å². The molecule has 1 atom stereocenters. The average Bonchev–Trinajstić information content (AvgIpc) is 3.09. The van der Waals surface area contributed by atoms with E-state index >= 15 is 0 Å². The van der Waals surface area contributed by atoms with Crippen molar-refractivity contribution in [3.63, 3.8) is 0 Å². The number of hydrogen-bond donors (Lipinski definition) is 2. The summed E-state index contributed by atoms with van der Waals surface area (Å²) in [7, 11) is 0. The van der Waals surface area contributed by atoms with Gasteiger partial charge in [0, 0.05) is 25.4 Å². The second kappa shape index (κ2) is 7.97. The lowest BCUT2D eigenvalue weighted by Crippen LogP contribution is -2.36. The normalized spacial score (nSPS) is 18.4. The van der Waals surface area contributed by atoms with Gasteiger partial charge < -0.3 is 14.7 Å². The SMILES string of the molecule is O=C(NCC[C@@H]1CCCN(Cc2ccco2)C1)c1ccc(=O)[nH]c1. The molecule has 1 amide bonds. The van der Waals surface area contributed by atoms with Gasteiger partial charge in [-0.05, 0) is 49.9 Å². The predicted octanol–water partition coefficient (Wildman–Crippen LogP) is 2.00. The summed E-state index contributed by atoms with van der Waals surface area (Å²) in [6.07, 6.45) is 6.50. The van der Waals surface area contributed by atoms with Crippen LogP contribution in [-0.4, -0.2) is 35.4 Å². The molecule has 6 nitrogen and oxygen atoms in total. The molecule has 1 fully saturated rings. The van der Waals surface area contributed by atoms with Crippen LogP contribution >= 0.6 is 0 Å². The number of carbonyl (C=O) groups is 1. The maximum atomic E-state index is 12.0. The number of carbonyl (C=O) groups excluding carboxylic acids is 1. The van der Waals surface area contributed by atoms with Crippen molar-refractivity contribution in [2.24, 2.45) is 5.92 Å². The van der Waals surface area contributed by atoms with E-state index in [1.165, 1.54) is 25.1 Å². The average molecular weight is 329 g/mol. The molecular weight excluding hydrogens is 306 g/mol. The molecule has 6 heteroatoms. The van der Waals surface area contributed by atoms with Crippen molar-refractivity contribution in [3.8, 4) is 0 Å². The van der Waals surface area contributed by atoms with Crippen LogP contribution in [0.15, 0.2) is 45.9 Å². The molecule has 3 rings (SSSR count). The van der Waals surface area contributed by atoms with Crippen molar-refractivity contribution in [1.82, 2.24) is 15.2 Å². The second-order valence-electron chi connectivity index (χ2n) is 6.31. The number of pyridine rings is 1. The smallest absolute Gasteiger partial charge is 0.252 e. The maximum absolute atomic E-state index is 12.0. The molecule has 24 heavy (non-hydrogen) atoms. The van der Waals surface area contributed by atoms with Gasteiger partial charge in [-0.15, -0.1) is 0 Å². The zero-order valence-electron chi connectivity index (χ0n) is 13.7.